The van der Waals surface area contributed by atoms with Gasteiger partial charge in [-0.1, -0.05) is 48.2 Å². The van der Waals surface area contributed by atoms with E-state index >= 15 is 0 Å². The second-order valence-corrected chi connectivity index (χ2v) is 7.37. The maximum Gasteiger partial charge on any atom is 0.216 e. The van der Waals surface area contributed by atoms with Gasteiger partial charge in [-0.25, -0.2) is 13.1 Å². The van der Waals surface area contributed by atoms with Crippen LogP contribution in [0.15, 0.2) is 66.9 Å². The fraction of sp³-hybridized carbons (Fsp3) is 0.150. The highest BCUT2D eigenvalue weighted by atomic mass is 32.2. The number of aromatic nitrogens is 1. The van der Waals surface area contributed by atoms with Crippen LogP contribution in [0.4, 0.5) is 0 Å². The van der Waals surface area contributed by atoms with E-state index in [-0.39, 0.29) is 18.9 Å². The molecule has 3 aromatic rings. The van der Waals surface area contributed by atoms with Gasteiger partial charge >= 0.3 is 0 Å². The molecule has 0 amide bonds. The first-order valence-electron chi connectivity index (χ1n) is 8.07. The van der Waals surface area contributed by atoms with Crippen molar-refractivity contribution in [3.05, 3.63) is 72.4 Å². The average Bonchev–Trinajstić information content (AvgIpc) is 2.65. The summed E-state index contributed by atoms with van der Waals surface area (Å²) < 4.78 is 31.9. The van der Waals surface area contributed by atoms with Crippen LogP contribution in [0.5, 0.6) is 5.75 Å². The number of fused-ring (bicyclic) bond motifs is 1. The molecule has 0 aliphatic carbocycles. The van der Waals surface area contributed by atoms with Crippen LogP contribution in [0.2, 0.25) is 0 Å². The van der Waals surface area contributed by atoms with Crippen molar-refractivity contribution in [2.75, 3.05) is 13.2 Å². The fourth-order valence-corrected chi connectivity index (χ4v) is 3.39. The van der Waals surface area contributed by atoms with Crippen LogP contribution in [0.1, 0.15) is 5.56 Å². The number of pyridine rings is 1. The van der Waals surface area contributed by atoms with Crippen molar-refractivity contribution < 1.29 is 13.2 Å². The molecule has 0 saturated carbocycles. The van der Waals surface area contributed by atoms with Gasteiger partial charge in [0.05, 0.1) is 17.8 Å². The van der Waals surface area contributed by atoms with Gasteiger partial charge < -0.3 is 4.74 Å². The molecule has 0 atom stereocenters. The zero-order valence-corrected chi connectivity index (χ0v) is 14.9. The smallest absolute Gasteiger partial charge is 0.216 e. The Morgan fingerprint density at radius 1 is 1.00 bits per heavy atom. The molecule has 0 aliphatic heterocycles. The van der Waals surface area contributed by atoms with Gasteiger partial charge in [-0.15, -0.1) is 0 Å². The third-order valence-corrected chi connectivity index (χ3v) is 4.89. The van der Waals surface area contributed by atoms with E-state index in [1.807, 2.05) is 48.5 Å². The van der Waals surface area contributed by atoms with E-state index in [0.29, 0.717) is 5.75 Å². The van der Waals surface area contributed by atoms with Crippen molar-refractivity contribution in [3.63, 3.8) is 0 Å². The molecule has 0 bridgehead atoms. The highest BCUT2D eigenvalue weighted by Crippen LogP contribution is 2.18. The third kappa shape index (κ3) is 5.31. The summed E-state index contributed by atoms with van der Waals surface area (Å²) in [6.45, 7) is 0.233. The summed E-state index contributed by atoms with van der Waals surface area (Å²) in [5, 5.41) is 1.04. The zero-order valence-electron chi connectivity index (χ0n) is 14.1. The molecule has 1 aromatic heterocycles. The largest absolute Gasteiger partial charge is 0.481 e. The second-order valence-electron chi connectivity index (χ2n) is 5.57. The number of ether oxygens (including phenoxy) is 1. The number of rotatable bonds is 6. The van der Waals surface area contributed by atoms with Crippen LogP contribution in [0, 0.1) is 11.8 Å². The first kappa shape index (κ1) is 17.9. The molecule has 1 heterocycles. The molecule has 6 heteroatoms. The first-order chi connectivity index (χ1) is 12.6. The van der Waals surface area contributed by atoms with Crippen LogP contribution >= 0.6 is 0 Å². The summed E-state index contributed by atoms with van der Waals surface area (Å²) in [6, 6.07) is 18.5. The average molecular weight is 366 g/mol. The Hall–Kier alpha value is -2.88. The fourth-order valence-electron chi connectivity index (χ4n) is 2.36. The van der Waals surface area contributed by atoms with Crippen molar-refractivity contribution in [2.45, 2.75) is 5.75 Å². The van der Waals surface area contributed by atoms with Crippen molar-refractivity contribution in [3.8, 4) is 17.6 Å². The lowest BCUT2D eigenvalue weighted by atomic mass is 10.2. The summed E-state index contributed by atoms with van der Waals surface area (Å²) in [7, 11) is -3.40. The van der Waals surface area contributed by atoms with Crippen molar-refractivity contribution >= 4 is 20.9 Å². The predicted molar refractivity (Wildman–Crippen MR) is 102 cm³/mol. The normalized spacial score (nSPS) is 10.9. The van der Waals surface area contributed by atoms with Gasteiger partial charge in [0, 0.05) is 17.6 Å². The number of nitrogens with one attached hydrogen (secondary N) is 1. The van der Waals surface area contributed by atoms with E-state index in [1.165, 1.54) is 0 Å². The van der Waals surface area contributed by atoms with Gasteiger partial charge in [-0.2, -0.15) is 0 Å². The van der Waals surface area contributed by atoms with Gasteiger partial charge in [0.15, 0.2) is 0 Å². The minimum absolute atomic E-state index is 0.0534. The SMILES string of the molecule is O=S(=O)(Cc1ccccc1)NCC#CCOc1ccc2cccnc2c1. The lowest BCUT2D eigenvalue weighted by molar-refractivity contribution is 0.370. The predicted octanol–water partition coefficient (Wildman–Crippen LogP) is 2.74. The molecule has 0 aliphatic rings. The molecule has 2 aromatic carbocycles. The monoisotopic (exact) mass is 366 g/mol. The Kier molecular flexibility index (Phi) is 5.84. The Balaban J connectivity index is 1.46. The second kappa shape index (κ2) is 8.48. The van der Waals surface area contributed by atoms with Gasteiger partial charge in [-0.3, -0.25) is 4.98 Å². The van der Waals surface area contributed by atoms with Crippen molar-refractivity contribution in [1.82, 2.24) is 9.71 Å². The van der Waals surface area contributed by atoms with Crippen LogP contribution in [0.3, 0.4) is 0 Å². The van der Waals surface area contributed by atoms with Gasteiger partial charge in [0.2, 0.25) is 10.0 Å². The lowest BCUT2D eigenvalue weighted by Crippen LogP contribution is -2.25. The van der Waals surface area contributed by atoms with E-state index in [4.69, 9.17) is 4.74 Å². The Morgan fingerprint density at radius 3 is 2.69 bits per heavy atom. The lowest BCUT2D eigenvalue weighted by Gasteiger charge is -2.04. The maximum absolute atomic E-state index is 12.0. The number of hydrogen-bond donors (Lipinski definition) is 1. The van der Waals surface area contributed by atoms with Crippen LogP contribution in [-0.2, 0) is 15.8 Å². The number of sulfonamides is 1. The molecular formula is C20H18N2O3S. The molecule has 5 nitrogen and oxygen atoms in total. The van der Waals surface area contributed by atoms with Gasteiger partial charge in [-0.05, 0) is 23.8 Å². The minimum atomic E-state index is -3.40. The summed E-state index contributed by atoms with van der Waals surface area (Å²) in [5.74, 6) is 6.17. The van der Waals surface area contributed by atoms with E-state index in [1.54, 1.807) is 18.3 Å². The highest BCUT2D eigenvalue weighted by Gasteiger charge is 2.09. The molecule has 0 spiro atoms. The Morgan fingerprint density at radius 2 is 1.85 bits per heavy atom. The molecule has 0 radical (unpaired) electrons. The third-order valence-electron chi connectivity index (χ3n) is 3.59. The van der Waals surface area contributed by atoms with E-state index < -0.39 is 10.0 Å². The summed E-state index contributed by atoms with van der Waals surface area (Å²) in [5.41, 5.74) is 1.59. The standard InChI is InChI=1S/C20H18N2O3S/c23-26(24,16-17-7-2-1-3-8-17)22-13-4-5-14-25-19-11-10-18-9-6-12-21-20(18)15-19/h1-3,6-12,15,22H,13-14,16H2. The Bertz CT molecular complexity index is 1040. The molecule has 0 saturated heterocycles. The molecule has 26 heavy (non-hydrogen) atoms. The highest BCUT2D eigenvalue weighted by molar-refractivity contribution is 7.88. The quantitative estimate of drug-likeness (QED) is 0.681. The summed E-state index contributed by atoms with van der Waals surface area (Å²) in [6.07, 6.45) is 1.73. The summed E-state index contributed by atoms with van der Waals surface area (Å²) >= 11 is 0. The molecule has 1 N–H and O–H groups in total. The molecule has 0 fully saturated rings. The van der Waals surface area contributed by atoms with Crippen LogP contribution in [-0.4, -0.2) is 26.6 Å². The maximum atomic E-state index is 12.0. The van der Waals surface area contributed by atoms with Crippen molar-refractivity contribution in [1.29, 1.82) is 0 Å². The van der Waals surface area contributed by atoms with Crippen LogP contribution < -0.4 is 9.46 Å². The van der Waals surface area contributed by atoms with E-state index in [9.17, 15) is 8.42 Å². The number of benzene rings is 2. The first-order valence-corrected chi connectivity index (χ1v) is 9.72. The Labute approximate surface area is 153 Å². The van der Waals surface area contributed by atoms with Gasteiger partial charge in [0.1, 0.15) is 12.4 Å². The topological polar surface area (TPSA) is 68.3 Å². The van der Waals surface area contributed by atoms with E-state index in [2.05, 4.69) is 21.5 Å². The molecule has 3 rings (SSSR count). The van der Waals surface area contributed by atoms with Crippen LogP contribution in [0.25, 0.3) is 10.9 Å². The van der Waals surface area contributed by atoms with E-state index in [0.717, 1.165) is 16.5 Å². The number of hydrogen-bond acceptors (Lipinski definition) is 4. The molecular weight excluding hydrogens is 348 g/mol. The number of nitrogens with zero attached hydrogens (tertiary/aromatic N) is 1. The molecule has 132 valence electrons. The minimum Gasteiger partial charge on any atom is -0.481 e. The molecule has 0 unspecified atom stereocenters. The van der Waals surface area contributed by atoms with Gasteiger partial charge in [0.25, 0.3) is 0 Å². The summed E-state index contributed by atoms with van der Waals surface area (Å²) in [4.78, 5) is 4.27. The van der Waals surface area contributed by atoms with Crippen molar-refractivity contribution in [2.24, 2.45) is 0 Å². The zero-order chi connectivity index (χ0) is 18.2.